The van der Waals surface area contributed by atoms with E-state index in [4.69, 9.17) is 0 Å². The van der Waals surface area contributed by atoms with Crippen LogP contribution in [0.25, 0.3) is 0 Å². The number of carbonyl (C=O) groups is 1. The van der Waals surface area contributed by atoms with E-state index in [1.165, 1.54) is 0 Å². The summed E-state index contributed by atoms with van der Waals surface area (Å²) in [5, 5.41) is 2.75. The van der Waals surface area contributed by atoms with Crippen LogP contribution in [0.3, 0.4) is 0 Å². The first-order chi connectivity index (χ1) is 6.89. The van der Waals surface area contributed by atoms with Crippen molar-refractivity contribution >= 4 is 5.91 Å². The van der Waals surface area contributed by atoms with Crippen LogP contribution in [0.2, 0.25) is 0 Å². The third-order valence-electron chi connectivity index (χ3n) is 3.50. The van der Waals surface area contributed by atoms with Crippen LogP contribution in [0.5, 0.6) is 0 Å². The first-order valence-electron chi connectivity index (χ1n) is 5.50. The van der Waals surface area contributed by atoms with E-state index in [9.17, 15) is 4.79 Å². The van der Waals surface area contributed by atoms with E-state index in [1.807, 2.05) is 13.8 Å². The lowest BCUT2D eigenvalue weighted by Gasteiger charge is -2.45. The van der Waals surface area contributed by atoms with Crippen LogP contribution in [0.4, 0.5) is 0 Å². The first kappa shape index (κ1) is 12.5. The predicted octanol–water partition coefficient (Wildman–Crippen LogP) is 0.00440. The Morgan fingerprint density at radius 2 is 1.93 bits per heavy atom. The second-order valence-corrected chi connectivity index (χ2v) is 5.06. The maximum atomic E-state index is 11.8. The number of hydrogen-bond donors (Lipinski definition) is 1. The van der Waals surface area contributed by atoms with Gasteiger partial charge >= 0.3 is 0 Å². The molecule has 4 nitrogen and oxygen atoms in total. The SMILES string of the molecule is CN1CCN(C)C(C(C)(C)C(=O)[15NH][13CH3])C1. The Morgan fingerprint density at radius 3 is 2.47 bits per heavy atom. The zero-order valence-electron chi connectivity index (χ0n) is 10.5. The fourth-order valence-corrected chi connectivity index (χ4v) is 2.26. The second kappa shape index (κ2) is 4.49. The van der Waals surface area contributed by atoms with E-state index in [2.05, 4.69) is 29.2 Å². The Kier molecular flexibility index (Phi) is 3.73. The Hall–Kier alpha value is -0.610. The molecule has 0 aromatic rings. The Morgan fingerprint density at radius 1 is 1.33 bits per heavy atom. The molecule has 0 spiro atoms. The standard InChI is InChI=1S/C11H23N3O/c1-11(2,10(15)12-3)9-8-13(4)6-7-14(9)5/h9H,6-8H2,1-5H3,(H,12,15)/i3+1,12+1. The number of piperazine rings is 1. The summed E-state index contributed by atoms with van der Waals surface area (Å²) < 4.78 is 0. The van der Waals surface area contributed by atoms with Gasteiger partial charge in [0.15, 0.2) is 0 Å². The lowest BCUT2D eigenvalue weighted by molar-refractivity contribution is -0.133. The molecule has 1 fully saturated rings. The van der Waals surface area contributed by atoms with Crippen LogP contribution < -0.4 is 5.32 Å². The Balaban J connectivity index is 2.79. The molecule has 1 aliphatic heterocycles. The highest BCUT2D eigenvalue weighted by molar-refractivity contribution is 5.82. The molecule has 1 amide bonds. The van der Waals surface area contributed by atoms with E-state index in [0.717, 1.165) is 19.6 Å². The summed E-state index contributed by atoms with van der Waals surface area (Å²) in [5.41, 5.74) is -0.335. The Labute approximate surface area is 92.6 Å². The molecule has 1 N–H and O–H groups in total. The number of nitrogens with zero attached hydrogens (tertiary/aromatic N) is 2. The number of nitrogens with one attached hydrogen (secondary N) is 1. The lowest BCUT2D eigenvalue weighted by Crippen LogP contribution is -2.59. The third kappa shape index (κ3) is 2.49. The van der Waals surface area contributed by atoms with E-state index in [-0.39, 0.29) is 17.4 Å². The molecular formula is C11H23N3O. The van der Waals surface area contributed by atoms with Crippen molar-refractivity contribution in [3.63, 3.8) is 0 Å². The van der Waals surface area contributed by atoms with Crippen molar-refractivity contribution < 1.29 is 4.79 Å². The third-order valence-corrected chi connectivity index (χ3v) is 3.50. The van der Waals surface area contributed by atoms with Gasteiger partial charge in [0.1, 0.15) is 0 Å². The summed E-state index contributed by atoms with van der Waals surface area (Å²) in [6.45, 7) is 7.10. The van der Waals surface area contributed by atoms with Crippen LogP contribution in [0.15, 0.2) is 0 Å². The first-order valence-corrected chi connectivity index (χ1v) is 5.50. The normalized spacial score (nSPS) is 25.3. The average Bonchev–Trinajstić information content (AvgIpc) is 2.20. The van der Waals surface area contributed by atoms with Gasteiger partial charge in [-0.05, 0) is 27.9 Å². The van der Waals surface area contributed by atoms with Crippen LogP contribution >= 0.6 is 0 Å². The number of carbonyl (C=O) groups excluding carboxylic acids is 1. The van der Waals surface area contributed by atoms with Gasteiger partial charge in [0.2, 0.25) is 5.91 Å². The van der Waals surface area contributed by atoms with Gasteiger partial charge in [0.05, 0.1) is 5.41 Å². The topological polar surface area (TPSA) is 35.6 Å². The fourth-order valence-electron chi connectivity index (χ4n) is 2.26. The zero-order valence-corrected chi connectivity index (χ0v) is 10.5. The molecule has 1 heterocycles. The Bertz CT molecular complexity index is 240. The smallest absolute Gasteiger partial charge is 0.227 e. The van der Waals surface area contributed by atoms with Gasteiger partial charge in [0, 0.05) is 32.7 Å². The van der Waals surface area contributed by atoms with Crippen molar-refractivity contribution in [2.75, 3.05) is 40.8 Å². The van der Waals surface area contributed by atoms with Gasteiger partial charge in [-0.15, -0.1) is 0 Å². The molecule has 1 unspecified atom stereocenters. The van der Waals surface area contributed by atoms with Gasteiger partial charge in [0.25, 0.3) is 0 Å². The highest BCUT2D eigenvalue weighted by atomic mass is 16.2. The van der Waals surface area contributed by atoms with Gasteiger partial charge < -0.3 is 10.2 Å². The minimum Gasteiger partial charge on any atom is -0.359 e. The molecule has 0 saturated carbocycles. The maximum absolute atomic E-state index is 11.8. The highest BCUT2D eigenvalue weighted by Crippen LogP contribution is 2.27. The molecule has 1 saturated heterocycles. The van der Waals surface area contributed by atoms with Crippen molar-refractivity contribution in [1.82, 2.24) is 15.1 Å². The molecule has 15 heavy (non-hydrogen) atoms. The molecule has 88 valence electrons. The molecule has 0 aromatic heterocycles. The summed E-state index contributed by atoms with van der Waals surface area (Å²) in [6, 6.07) is 0.288. The molecule has 1 atom stereocenters. The van der Waals surface area contributed by atoms with Crippen molar-refractivity contribution in [2.45, 2.75) is 19.9 Å². The minimum absolute atomic E-state index is 0.120. The van der Waals surface area contributed by atoms with Crippen molar-refractivity contribution in [2.24, 2.45) is 5.41 Å². The van der Waals surface area contributed by atoms with Crippen LogP contribution in [0, 0.1) is 5.41 Å². The summed E-state index contributed by atoms with van der Waals surface area (Å²) >= 11 is 0. The largest absolute Gasteiger partial charge is 0.359 e. The molecular weight excluding hydrogens is 192 g/mol. The second-order valence-electron chi connectivity index (χ2n) is 5.06. The quantitative estimate of drug-likeness (QED) is 0.520. The minimum atomic E-state index is -0.335. The van der Waals surface area contributed by atoms with Crippen molar-refractivity contribution in [3.8, 4) is 0 Å². The molecule has 4 heteroatoms. The van der Waals surface area contributed by atoms with Crippen LogP contribution in [-0.4, -0.2) is 62.5 Å². The number of hydrogen-bond acceptors (Lipinski definition) is 3. The number of likely N-dealkylation sites (N-methyl/N-ethyl adjacent to an activating group) is 2. The van der Waals surface area contributed by atoms with E-state index >= 15 is 0 Å². The van der Waals surface area contributed by atoms with E-state index < -0.39 is 0 Å². The van der Waals surface area contributed by atoms with Gasteiger partial charge in [-0.25, -0.2) is 0 Å². The lowest BCUT2D eigenvalue weighted by atomic mass is 9.82. The van der Waals surface area contributed by atoms with Crippen LogP contribution in [-0.2, 0) is 4.79 Å². The molecule has 1 aliphatic rings. The van der Waals surface area contributed by atoms with Gasteiger partial charge in [-0.1, -0.05) is 0 Å². The molecule has 1 rings (SSSR count). The number of rotatable bonds is 2. The molecule has 0 radical (unpaired) electrons. The summed E-state index contributed by atoms with van der Waals surface area (Å²) in [4.78, 5) is 16.4. The predicted molar refractivity (Wildman–Crippen MR) is 61.8 cm³/mol. The summed E-state index contributed by atoms with van der Waals surface area (Å²) in [7, 11) is 5.92. The molecule has 0 aromatic carbocycles. The van der Waals surface area contributed by atoms with Gasteiger partial charge in [-0.2, -0.15) is 0 Å². The summed E-state index contributed by atoms with van der Waals surface area (Å²) in [6.07, 6.45) is 0. The average molecular weight is 215 g/mol. The highest BCUT2D eigenvalue weighted by Gasteiger charge is 2.40. The van der Waals surface area contributed by atoms with Crippen molar-refractivity contribution in [3.05, 3.63) is 0 Å². The zero-order chi connectivity index (χ0) is 11.6. The number of amides is 1. The van der Waals surface area contributed by atoms with Crippen molar-refractivity contribution in [1.29, 1.82) is 0 Å². The monoisotopic (exact) mass is 215 g/mol. The fraction of sp³-hybridized carbons (Fsp3) is 0.909. The maximum Gasteiger partial charge on any atom is 0.227 e. The van der Waals surface area contributed by atoms with E-state index in [0.29, 0.717) is 0 Å². The van der Waals surface area contributed by atoms with Crippen LogP contribution in [0.1, 0.15) is 13.8 Å². The van der Waals surface area contributed by atoms with Gasteiger partial charge in [-0.3, -0.25) is 9.69 Å². The molecule has 0 bridgehead atoms. The summed E-state index contributed by atoms with van der Waals surface area (Å²) in [5.74, 6) is 0.120. The van der Waals surface area contributed by atoms with E-state index in [1.54, 1.807) is 7.05 Å². The molecule has 0 aliphatic carbocycles.